The van der Waals surface area contributed by atoms with E-state index in [0.717, 1.165) is 17.1 Å². The van der Waals surface area contributed by atoms with Gasteiger partial charge in [0.1, 0.15) is 0 Å². The van der Waals surface area contributed by atoms with Crippen LogP contribution >= 0.6 is 0 Å². The first-order chi connectivity index (χ1) is 28.4. The lowest BCUT2D eigenvalue weighted by Gasteiger charge is -2.35. The molecule has 1 heteroatoms. The fourth-order valence-corrected chi connectivity index (χ4v) is 10.4. The van der Waals surface area contributed by atoms with Gasteiger partial charge in [0.05, 0.1) is 5.41 Å². The molecular formula is C57H43N. The summed E-state index contributed by atoms with van der Waals surface area (Å²) in [6, 6.07) is 76.8. The lowest BCUT2D eigenvalue weighted by atomic mass is 9.67. The van der Waals surface area contributed by atoms with Crippen molar-refractivity contribution in [3.05, 3.63) is 245 Å². The number of rotatable bonds is 6. The molecular weight excluding hydrogens is 699 g/mol. The van der Waals surface area contributed by atoms with Gasteiger partial charge in [-0.25, -0.2) is 0 Å². The smallest absolute Gasteiger partial charge is 0.0714 e. The van der Waals surface area contributed by atoms with Crippen molar-refractivity contribution in [2.45, 2.75) is 31.6 Å². The second kappa shape index (κ2) is 13.0. The number of hydrogen-bond donors (Lipinski definition) is 0. The zero-order valence-corrected chi connectivity index (χ0v) is 33.1. The molecule has 2 aliphatic carbocycles. The minimum Gasteiger partial charge on any atom is -0.310 e. The van der Waals surface area contributed by atoms with Crippen LogP contribution in [-0.2, 0) is 10.8 Å². The van der Waals surface area contributed by atoms with Crippen LogP contribution in [0.2, 0.25) is 0 Å². The Balaban J connectivity index is 1.16. The maximum atomic E-state index is 2.51. The predicted octanol–water partition coefficient (Wildman–Crippen LogP) is 15.0. The summed E-state index contributed by atoms with van der Waals surface area (Å²) in [5, 5.41) is 2.52. The number of benzene rings is 9. The molecule has 0 fully saturated rings. The van der Waals surface area contributed by atoms with Gasteiger partial charge >= 0.3 is 0 Å². The van der Waals surface area contributed by atoms with Crippen molar-refractivity contribution in [1.29, 1.82) is 0 Å². The predicted molar refractivity (Wildman–Crippen MR) is 244 cm³/mol. The van der Waals surface area contributed by atoms with Crippen molar-refractivity contribution in [2.75, 3.05) is 4.90 Å². The van der Waals surface area contributed by atoms with Crippen molar-refractivity contribution in [3.8, 4) is 33.4 Å². The Morgan fingerprint density at radius 3 is 1.59 bits per heavy atom. The van der Waals surface area contributed by atoms with Crippen molar-refractivity contribution >= 4 is 27.8 Å². The SMILES string of the molecule is Cc1cc(-c2cccc3ccccc23)ccc1N(c1ccc2c(c1)C(C)(C)c1ccccc1-2)c1ccc2c(c1)C(c1ccccc1)(c1ccccc1)c1ccccc1-2. The molecule has 0 aromatic heterocycles. The van der Waals surface area contributed by atoms with Crippen LogP contribution in [-0.4, -0.2) is 0 Å². The van der Waals surface area contributed by atoms with E-state index in [4.69, 9.17) is 0 Å². The van der Waals surface area contributed by atoms with E-state index in [1.165, 1.54) is 83.1 Å². The van der Waals surface area contributed by atoms with Gasteiger partial charge in [0.15, 0.2) is 0 Å². The maximum Gasteiger partial charge on any atom is 0.0714 e. The fourth-order valence-electron chi connectivity index (χ4n) is 10.4. The number of nitrogens with zero attached hydrogens (tertiary/aromatic N) is 1. The summed E-state index contributed by atoms with van der Waals surface area (Å²) >= 11 is 0. The average molecular weight is 742 g/mol. The van der Waals surface area contributed by atoms with Crippen LogP contribution in [0, 0.1) is 6.92 Å². The molecule has 9 aromatic rings. The molecule has 0 N–H and O–H groups in total. The highest BCUT2D eigenvalue weighted by Gasteiger charge is 2.46. The topological polar surface area (TPSA) is 3.24 Å². The van der Waals surface area contributed by atoms with E-state index in [9.17, 15) is 0 Å². The third-order valence-corrected chi connectivity index (χ3v) is 13.1. The Kier molecular flexibility index (Phi) is 7.72. The van der Waals surface area contributed by atoms with E-state index >= 15 is 0 Å². The highest BCUT2D eigenvalue weighted by molar-refractivity contribution is 5.98. The molecule has 0 bridgehead atoms. The van der Waals surface area contributed by atoms with Gasteiger partial charge in [0, 0.05) is 22.5 Å². The molecule has 0 saturated carbocycles. The first kappa shape index (κ1) is 34.3. The molecule has 11 rings (SSSR count). The lowest BCUT2D eigenvalue weighted by molar-refractivity contribution is 0.660. The Hall–Kier alpha value is -6.96. The molecule has 0 spiro atoms. The quantitative estimate of drug-likeness (QED) is 0.164. The molecule has 0 radical (unpaired) electrons. The zero-order chi connectivity index (χ0) is 39.0. The van der Waals surface area contributed by atoms with Gasteiger partial charge in [-0.3, -0.25) is 0 Å². The molecule has 0 amide bonds. The first-order valence-electron chi connectivity index (χ1n) is 20.4. The highest BCUT2D eigenvalue weighted by atomic mass is 15.1. The van der Waals surface area contributed by atoms with Gasteiger partial charge in [0.2, 0.25) is 0 Å². The summed E-state index contributed by atoms with van der Waals surface area (Å²) < 4.78 is 0. The summed E-state index contributed by atoms with van der Waals surface area (Å²) in [5.74, 6) is 0. The molecule has 0 atom stereocenters. The third kappa shape index (κ3) is 4.96. The van der Waals surface area contributed by atoms with Gasteiger partial charge in [-0.2, -0.15) is 0 Å². The third-order valence-electron chi connectivity index (χ3n) is 13.1. The monoisotopic (exact) mass is 741 g/mol. The minimum absolute atomic E-state index is 0.129. The molecule has 0 unspecified atom stereocenters. The van der Waals surface area contributed by atoms with Gasteiger partial charge in [-0.15, -0.1) is 0 Å². The summed E-state index contributed by atoms with van der Waals surface area (Å²) in [5.41, 5.74) is 19.6. The number of hydrogen-bond acceptors (Lipinski definition) is 1. The van der Waals surface area contributed by atoms with Crippen LogP contribution in [0.5, 0.6) is 0 Å². The molecule has 1 nitrogen and oxygen atoms in total. The van der Waals surface area contributed by atoms with Crippen molar-refractivity contribution < 1.29 is 0 Å². The van der Waals surface area contributed by atoms with E-state index in [1.54, 1.807) is 0 Å². The van der Waals surface area contributed by atoms with Crippen LogP contribution in [0.1, 0.15) is 52.8 Å². The Morgan fingerprint density at radius 1 is 0.379 bits per heavy atom. The molecule has 0 saturated heterocycles. The van der Waals surface area contributed by atoms with Crippen LogP contribution in [0.4, 0.5) is 17.1 Å². The van der Waals surface area contributed by atoms with Gasteiger partial charge in [-0.1, -0.05) is 184 Å². The number of anilines is 3. The Morgan fingerprint density at radius 2 is 0.897 bits per heavy atom. The Bertz CT molecular complexity index is 3000. The second-order valence-electron chi connectivity index (χ2n) is 16.5. The summed E-state index contributed by atoms with van der Waals surface area (Å²) in [6.45, 7) is 7.01. The zero-order valence-electron chi connectivity index (χ0n) is 33.1. The average Bonchev–Trinajstić information content (AvgIpc) is 3.70. The van der Waals surface area contributed by atoms with Gasteiger partial charge in [-0.05, 0) is 126 Å². The van der Waals surface area contributed by atoms with E-state index in [0.29, 0.717) is 0 Å². The van der Waals surface area contributed by atoms with Crippen LogP contribution < -0.4 is 4.90 Å². The van der Waals surface area contributed by atoms with Gasteiger partial charge in [0.25, 0.3) is 0 Å². The van der Waals surface area contributed by atoms with Crippen molar-refractivity contribution in [2.24, 2.45) is 0 Å². The molecule has 58 heavy (non-hydrogen) atoms. The van der Waals surface area contributed by atoms with Crippen molar-refractivity contribution in [3.63, 3.8) is 0 Å². The van der Waals surface area contributed by atoms with Crippen LogP contribution in [0.15, 0.2) is 206 Å². The fraction of sp³-hybridized carbons (Fsp3) is 0.0877. The summed E-state index contributed by atoms with van der Waals surface area (Å²) in [4.78, 5) is 2.51. The largest absolute Gasteiger partial charge is 0.310 e. The van der Waals surface area contributed by atoms with E-state index in [1.807, 2.05) is 0 Å². The van der Waals surface area contributed by atoms with Gasteiger partial charge < -0.3 is 4.90 Å². The normalized spacial score (nSPS) is 14.1. The Labute approximate surface area is 341 Å². The van der Waals surface area contributed by atoms with E-state index in [2.05, 4.69) is 232 Å². The summed E-state index contributed by atoms with van der Waals surface area (Å²) in [7, 11) is 0. The summed E-state index contributed by atoms with van der Waals surface area (Å²) in [6.07, 6.45) is 0. The second-order valence-corrected chi connectivity index (χ2v) is 16.5. The van der Waals surface area contributed by atoms with E-state index in [-0.39, 0.29) is 5.41 Å². The van der Waals surface area contributed by atoms with Crippen LogP contribution in [0.3, 0.4) is 0 Å². The standard InChI is InChI=1S/C57H43N/c1-38-35-40(46-26-16-18-39-17-10-11-23-45(39)46)29-34-55(38)58(43-30-32-49-47-24-12-14-27-51(47)56(2,3)53(49)36-43)44-31-33-50-48-25-13-15-28-52(48)57(54(50)37-44,41-19-6-4-7-20-41)42-21-8-5-9-22-42/h4-37H,1-3H3. The molecule has 276 valence electrons. The molecule has 0 heterocycles. The van der Waals surface area contributed by atoms with Crippen LogP contribution in [0.25, 0.3) is 44.2 Å². The molecule has 0 aliphatic heterocycles. The number of aryl methyl sites for hydroxylation is 1. The first-order valence-corrected chi connectivity index (χ1v) is 20.4. The lowest BCUT2D eigenvalue weighted by Crippen LogP contribution is -2.28. The van der Waals surface area contributed by atoms with Crippen molar-refractivity contribution in [1.82, 2.24) is 0 Å². The highest BCUT2D eigenvalue weighted by Crippen LogP contribution is 2.58. The minimum atomic E-state index is -0.495. The number of fused-ring (bicyclic) bond motifs is 7. The molecule has 9 aromatic carbocycles. The maximum absolute atomic E-state index is 2.51. The van der Waals surface area contributed by atoms with E-state index < -0.39 is 5.41 Å². The molecule has 2 aliphatic rings.